The molecule has 2 aromatic rings. The van der Waals surface area contributed by atoms with E-state index < -0.39 is 0 Å². The lowest BCUT2D eigenvalue weighted by Crippen LogP contribution is -2.01. The van der Waals surface area contributed by atoms with Gasteiger partial charge in [-0.3, -0.25) is 4.98 Å². The van der Waals surface area contributed by atoms with Crippen LogP contribution in [0.1, 0.15) is 24.5 Å². The molecular formula is C16H21N3. The summed E-state index contributed by atoms with van der Waals surface area (Å²) < 4.78 is 0. The van der Waals surface area contributed by atoms with Gasteiger partial charge in [-0.05, 0) is 49.6 Å². The van der Waals surface area contributed by atoms with Crippen molar-refractivity contribution in [1.82, 2.24) is 4.98 Å². The van der Waals surface area contributed by atoms with Crippen LogP contribution >= 0.6 is 0 Å². The molecule has 1 heterocycles. The lowest BCUT2D eigenvalue weighted by molar-refractivity contribution is 0.978. The molecule has 0 spiro atoms. The predicted molar refractivity (Wildman–Crippen MR) is 82.2 cm³/mol. The SMILES string of the molecule is CCCNc1cncc(Nc2ccc(C)c(C)c2)c1. The fraction of sp³-hybridized carbons (Fsp3) is 0.312. The highest BCUT2D eigenvalue weighted by molar-refractivity contribution is 5.63. The maximum Gasteiger partial charge on any atom is 0.0591 e. The average Bonchev–Trinajstić information content (AvgIpc) is 2.41. The molecule has 2 rings (SSSR count). The first-order valence-corrected chi connectivity index (χ1v) is 6.72. The van der Waals surface area contributed by atoms with Gasteiger partial charge in [0.2, 0.25) is 0 Å². The third-order valence-corrected chi connectivity index (χ3v) is 3.11. The molecule has 0 fully saturated rings. The number of anilines is 3. The van der Waals surface area contributed by atoms with Gasteiger partial charge in [0, 0.05) is 12.2 Å². The quantitative estimate of drug-likeness (QED) is 0.838. The Morgan fingerprint density at radius 3 is 2.47 bits per heavy atom. The smallest absolute Gasteiger partial charge is 0.0591 e. The molecule has 1 aromatic carbocycles. The van der Waals surface area contributed by atoms with Crippen LogP contribution in [0.15, 0.2) is 36.7 Å². The number of aryl methyl sites for hydroxylation is 2. The van der Waals surface area contributed by atoms with Crippen molar-refractivity contribution >= 4 is 17.1 Å². The van der Waals surface area contributed by atoms with Crippen LogP contribution in [-0.2, 0) is 0 Å². The molecule has 3 heteroatoms. The van der Waals surface area contributed by atoms with E-state index in [9.17, 15) is 0 Å². The Hall–Kier alpha value is -2.03. The minimum Gasteiger partial charge on any atom is -0.384 e. The molecule has 19 heavy (non-hydrogen) atoms. The summed E-state index contributed by atoms with van der Waals surface area (Å²) in [6.45, 7) is 7.36. The maximum absolute atomic E-state index is 4.25. The summed E-state index contributed by atoms with van der Waals surface area (Å²) in [7, 11) is 0. The number of nitrogens with one attached hydrogen (secondary N) is 2. The third-order valence-electron chi connectivity index (χ3n) is 3.11. The summed E-state index contributed by atoms with van der Waals surface area (Å²) in [5.41, 5.74) is 5.75. The third kappa shape index (κ3) is 3.71. The summed E-state index contributed by atoms with van der Waals surface area (Å²) in [4.78, 5) is 4.25. The maximum atomic E-state index is 4.25. The first-order valence-electron chi connectivity index (χ1n) is 6.72. The Morgan fingerprint density at radius 2 is 1.74 bits per heavy atom. The summed E-state index contributed by atoms with van der Waals surface area (Å²) in [5, 5.41) is 6.72. The highest BCUT2D eigenvalue weighted by atomic mass is 14.9. The molecule has 1 aromatic heterocycles. The van der Waals surface area contributed by atoms with Crippen molar-refractivity contribution in [3.8, 4) is 0 Å². The van der Waals surface area contributed by atoms with Crippen LogP contribution in [0.3, 0.4) is 0 Å². The Balaban J connectivity index is 2.11. The van der Waals surface area contributed by atoms with Gasteiger partial charge in [-0.25, -0.2) is 0 Å². The molecule has 0 saturated carbocycles. The fourth-order valence-electron chi connectivity index (χ4n) is 1.86. The summed E-state index contributed by atoms with van der Waals surface area (Å²) >= 11 is 0. The van der Waals surface area contributed by atoms with Crippen molar-refractivity contribution in [3.63, 3.8) is 0 Å². The molecule has 0 aliphatic heterocycles. The molecule has 2 N–H and O–H groups in total. The van der Waals surface area contributed by atoms with Gasteiger partial charge in [-0.1, -0.05) is 13.0 Å². The molecule has 0 aliphatic carbocycles. The molecule has 0 atom stereocenters. The first-order chi connectivity index (χ1) is 9.19. The molecule has 0 aliphatic rings. The Kier molecular flexibility index (Phi) is 4.39. The number of rotatable bonds is 5. The van der Waals surface area contributed by atoms with Crippen LogP contribution in [-0.4, -0.2) is 11.5 Å². The lowest BCUT2D eigenvalue weighted by Gasteiger charge is -2.10. The monoisotopic (exact) mass is 255 g/mol. The van der Waals surface area contributed by atoms with Crippen molar-refractivity contribution in [2.24, 2.45) is 0 Å². The van der Waals surface area contributed by atoms with E-state index >= 15 is 0 Å². The normalized spacial score (nSPS) is 10.3. The number of aromatic nitrogens is 1. The zero-order valence-electron chi connectivity index (χ0n) is 11.8. The van der Waals surface area contributed by atoms with Crippen LogP contribution in [0.5, 0.6) is 0 Å². The first kappa shape index (κ1) is 13.4. The van der Waals surface area contributed by atoms with E-state index in [0.29, 0.717) is 0 Å². The van der Waals surface area contributed by atoms with Gasteiger partial charge in [0.15, 0.2) is 0 Å². The van der Waals surface area contributed by atoms with Crippen molar-refractivity contribution in [1.29, 1.82) is 0 Å². The average molecular weight is 255 g/mol. The molecule has 0 saturated heterocycles. The Morgan fingerprint density at radius 1 is 0.947 bits per heavy atom. The van der Waals surface area contributed by atoms with Crippen molar-refractivity contribution in [2.75, 3.05) is 17.2 Å². The van der Waals surface area contributed by atoms with E-state index in [2.05, 4.69) is 60.7 Å². The molecular weight excluding hydrogens is 234 g/mol. The van der Waals surface area contributed by atoms with Crippen LogP contribution in [0.4, 0.5) is 17.1 Å². The highest BCUT2D eigenvalue weighted by Gasteiger charge is 1.99. The zero-order valence-corrected chi connectivity index (χ0v) is 11.8. The standard InChI is InChI=1S/C16H21N3/c1-4-7-18-15-9-16(11-17-10-15)19-14-6-5-12(2)13(3)8-14/h5-6,8-11,18-19H,4,7H2,1-3H3. The van der Waals surface area contributed by atoms with Crippen LogP contribution < -0.4 is 10.6 Å². The van der Waals surface area contributed by atoms with Crippen molar-refractivity contribution in [2.45, 2.75) is 27.2 Å². The number of pyridine rings is 1. The summed E-state index contributed by atoms with van der Waals surface area (Å²) in [5.74, 6) is 0. The minimum atomic E-state index is 0.967. The molecule has 3 nitrogen and oxygen atoms in total. The second-order valence-electron chi connectivity index (χ2n) is 4.81. The second kappa shape index (κ2) is 6.23. The predicted octanol–water partition coefficient (Wildman–Crippen LogP) is 4.26. The molecule has 0 unspecified atom stereocenters. The number of hydrogen-bond acceptors (Lipinski definition) is 3. The molecule has 0 amide bonds. The van der Waals surface area contributed by atoms with Gasteiger partial charge in [0.05, 0.1) is 23.8 Å². The number of hydrogen-bond donors (Lipinski definition) is 2. The number of nitrogens with zero attached hydrogens (tertiary/aromatic N) is 1. The van der Waals surface area contributed by atoms with Crippen LogP contribution in [0.2, 0.25) is 0 Å². The van der Waals surface area contributed by atoms with E-state index in [-0.39, 0.29) is 0 Å². The van der Waals surface area contributed by atoms with Gasteiger partial charge in [0.1, 0.15) is 0 Å². The fourth-order valence-corrected chi connectivity index (χ4v) is 1.86. The van der Waals surface area contributed by atoms with Gasteiger partial charge in [-0.2, -0.15) is 0 Å². The zero-order chi connectivity index (χ0) is 13.7. The number of benzene rings is 1. The van der Waals surface area contributed by atoms with Crippen molar-refractivity contribution in [3.05, 3.63) is 47.8 Å². The topological polar surface area (TPSA) is 37.0 Å². The van der Waals surface area contributed by atoms with Crippen LogP contribution in [0.25, 0.3) is 0 Å². The van der Waals surface area contributed by atoms with E-state index in [1.807, 2.05) is 12.4 Å². The second-order valence-corrected chi connectivity index (χ2v) is 4.81. The highest BCUT2D eigenvalue weighted by Crippen LogP contribution is 2.21. The summed E-state index contributed by atoms with van der Waals surface area (Å²) in [6, 6.07) is 8.46. The Bertz CT molecular complexity index is 549. The van der Waals surface area contributed by atoms with E-state index in [1.54, 1.807) is 0 Å². The Labute approximate surface area is 115 Å². The van der Waals surface area contributed by atoms with Gasteiger partial charge in [0.25, 0.3) is 0 Å². The largest absolute Gasteiger partial charge is 0.384 e. The molecule has 100 valence electrons. The molecule has 0 bridgehead atoms. The van der Waals surface area contributed by atoms with Crippen molar-refractivity contribution < 1.29 is 0 Å². The van der Waals surface area contributed by atoms with Gasteiger partial charge in [-0.15, -0.1) is 0 Å². The minimum absolute atomic E-state index is 0.967. The van der Waals surface area contributed by atoms with E-state index in [1.165, 1.54) is 11.1 Å². The summed E-state index contributed by atoms with van der Waals surface area (Å²) in [6.07, 6.45) is 4.79. The lowest BCUT2D eigenvalue weighted by atomic mass is 10.1. The van der Waals surface area contributed by atoms with Gasteiger partial charge >= 0.3 is 0 Å². The van der Waals surface area contributed by atoms with E-state index in [0.717, 1.165) is 30.0 Å². The molecule has 0 radical (unpaired) electrons. The van der Waals surface area contributed by atoms with E-state index in [4.69, 9.17) is 0 Å². The van der Waals surface area contributed by atoms with Gasteiger partial charge < -0.3 is 10.6 Å². The van der Waals surface area contributed by atoms with Crippen LogP contribution in [0, 0.1) is 13.8 Å².